The van der Waals surface area contributed by atoms with Crippen molar-refractivity contribution in [1.29, 1.82) is 0 Å². The minimum absolute atomic E-state index is 0.521. The van der Waals surface area contributed by atoms with E-state index in [0.717, 1.165) is 36.6 Å². The van der Waals surface area contributed by atoms with Crippen molar-refractivity contribution in [3.63, 3.8) is 0 Å². The van der Waals surface area contributed by atoms with Crippen molar-refractivity contribution in [2.75, 3.05) is 29.4 Å². The van der Waals surface area contributed by atoms with E-state index in [1.54, 1.807) is 0 Å². The summed E-state index contributed by atoms with van der Waals surface area (Å²) in [5.74, 6) is 2.32. The molecule has 0 spiro atoms. The van der Waals surface area contributed by atoms with Crippen molar-refractivity contribution < 1.29 is 0 Å². The van der Waals surface area contributed by atoms with Gasteiger partial charge in [0.25, 0.3) is 0 Å². The van der Waals surface area contributed by atoms with E-state index in [0.29, 0.717) is 12.0 Å². The quantitative estimate of drug-likeness (QED) is 0.862. The molecular weight excluding hydrogens is 308 g/mol. The Labute approximate surface area is 139 Å². The molecule has 0 N–H and O–H groups in total. The number of fused-ring (bicyclic) bond motifs is 1. The first-order valence-electron chi connectivity index (χ1n) is 8.50. The van der Waals surface area contributed by atoms with Gasteiger partial charge in [-0.15, -0.1) is 10.2 Å². The Morgan fingerprint density at radius 1 is 1.00 bits per heavy atom. The molecule has 7 heteroatoms. The van der Waals surface area contributed by atoms with Crippen molar-refractivity contribution in [3.05, 3.63) is 23.5 Å². The Kier molecular flexibility index (Phi) is 3.21. The van der Waals surface area contributed by atoms with Crippen LogP contribution in [-0.4, -0.2) is 45.8 Å². The van der Waals surface area contributed by atoms with Crippen LogP contribution in [0.15, 0.2) is 18.5 Å². The minimum atomic E-state index is 0.521. The molecule has 3 fully saturated rings. The fraction of sp³-hybridized carbons (Fsp3) is 0.625. The van der Waals surface area contributed by atoms with E-state index in [9.17, 15) is 0 Å². The lowest BCUT2D eigenvalue weighted by Gasteiger charge is -2.38. The Morgan fingerprint density at radius 2 is 1.83 bits per heavy atom. The van der Waals surface area contributed by atoms with Crippen LogP contribution in [0.5, 0.6) is 0 Å². The average Bonchev–Trinajstić information content (AvgIpc) is 3.19. The average molecular weight is 328 g/mol. The van der Waals surface area contributed by atoms with E-state index in [1.807, 2.05) is 29.8 Å². The van der Waals surface area contributed by atoms with E-state index >= 15 is 0 Å². The van der Waals surface area contributed by atoms with Crippen LogP contribution in [0, 0.1) is 5.92 Å². The van der Waals surface area contributed by atoms with Gasteiger partial charge in [-0.25, -0.2) is 9.97 Å². The maximum absolute atomic E-state index is 4.49. The molecule has 120 valence electrons. The SMILES string of the molecule is c1cnc(N2CCC3CCN(c4nnc(C5CC5)s4)C3C2)nc1. The summed E-state index contributed by atoms with van der Waals surface area (Å²) in [5.41, 5.74) is 0. The first-order chi connectivity index (χ1) is 11.4. The summed E-state index contributed by atoms with van der Waals surface area (Å²) in [4.78, 5) is 13.7. The lowest BCUT2D eigenvalue weighted by molar-refractivity contribution is 0.387. The van der Waals surface area contributed by atoms with Crippen molar-refractivity contribution in [2.24, 2.45) is 5.92 Å². The van der Waals surface area contributed by atoms with E-state index in [4.69, 9.17) is 0 Å². The largest absolute Gasteiger partial charge is 0.342 e. The van der Waals surface area contributed by atoms with Crippen LogP contribution in [0.3, 0.4) is 0 Å². The van der Waals surface area contributed by atoms with Gasteiger partial charge in [-0.1, -0.05) is 11.3 Å². The summed E-state index contributed by atoms with van der Waals surface area (Å²) in [5, 5.41) is 11.3. The highest BCUT2D eigenvalue weighted by molar-refractivity contribution is 7.15. The predicted molar refractivity (Wildman–Crippen MR) is 90.0 cm³/mol. The van der Waals surface area contributed by atoms with E-state index < -0.39 is 0 Å². The van der Waals surface area contributed by atoms with Crippen LogP contribution in [-0.2, 0) is 0 Å². The van der Waals surface area contributed by atoms with Gasteiger partial charge in [0.1, 0.15) is 5.01 Å². The van der Waals surface area contributed by atoms with Gasteiger partial charge < -0.3 is 9.80 Å². The fourth-order valence-electron chi connectivity index (χ4n) is 3.85. The fourth-order valence-corrected chi connectivity index (χ4v) is 4.95. The monoisotopic (exact) mass is 328 g/mol. The topological polar surface area (TPSA) is 58.0 Å². The molecule has 5 rings (SSSR count). The molecule has 23 heavy (non-hydrogen) atoms. The second-order valence-corrected chi connectivity index (χ2v) is 7.78. The molecule has 0 radical (unpaired) electrons. The molecule has 0 amide bonds. The summed E-state index contributed by atoms with van der Waals surface area (Å²) in [7, 11) is 0. The van der Waals surface area contributed by atoms with E-state index in [-0.39, 0.29) is 0 Å². The number of anilines is 2. The third-order valence-corrected chi connectivity index (χ3v) is 6.42. The maximum atomic E-state index is 4.49. The number of hydrogen-bond acceptors (Lipinski definition) is 7. The van der Waals surface area contributed by atoms with Crippen molar-refractivity contribution in [1.82, 2.24) is 20.2 Å². The van der Waals surface area contributed by atoms with Gasteiger partial charge in [0.05, 0.1) is 6.04 Å². The molecule has 0 aromatic carbocycles. The molecule has 2 aromatic rings. The second-order valence-electron chi connectivity index (χ2n) is 6.79. The molecular formula is C16H20N6S. The number of nitrogens with zero attached hydrogens (tertiary/aromatic N) is 6. The van der Waals surface area contributed by atoms with Gasteiger partial charge in [-0.3, -0.25) is 0 Å². The molecule has 2 unspecified atom stereocenters. The van der Waals surface area contributed by atoms with Crippen LogP contribution < -0.4 is 9.80 Å². The predicted octanol–water partition coefficient (Wildman–Crippen LogP) is 2.31. The summed E-state index contributed by atoms with van der Waals surface area (Å²) in [6.07, 6.45) is 8.72. The lowest BCUT2D eigenvalue weighted by Crippen LogP contribution is -2.48. The molecule has 0 bridgehead atoms. The van der Waals surface area contributed by atoms with Gasteiger partial charge in [0.2, 0.25) is 11.1 Å². The highest BCUT2D eigenvalue weighted by Crippen LogP contribution is 2.44. The summed E-state index contributed by atoms with van der Waals surface area (Å²) in [6, 6.07) is 2.39. The zero-order valence-corrected chi connectivity index (χ0v) is 13.8. The molecule has 2 aromatic heterocycles. The third-order valence-electron chi connectivity index (χ3n) is 5.30. The highest BCUT2D eigenvalue weighted by Gasteiger charge is 2.40. The molecule has 4 heterocycles. The summed E-state index contributed by atoms with van der Waals surface area (Å²) < 4.78 is 0. The smallest absolute Gasteiger partial charge is 0.225 e. The molecule has 3 aliphatic rings. The Morgan fingerprint density at radius 3 is 2.65 bits per heavy atom. The van der Waals surface area contributed by atoms with Gasteiger partial charge in [-0.2, -0.15) is 0 Å². The number of hydrogen-bond donors (Lipinski definition) is 0. The van der Waals surface area contributed by atoms with Gasteiger partial charge in [0, 0.05) is 37.9 Å². The van der Waals surface area contributed by atoms with Gasteiger partial charge in [0.15, 0.2) is 0 Å². The molecule has 6 nitrogen and oxygen atoms in total. The van der Waals surface area contributed by atoms with E-state index in [2.05, 4.69) is 30.0 Å². The Balaban J connectivity index is 1.37. The van der Waals surface area contributed by atoms with Gasteiger partial charge >= 0.3 is 0 Å². The Hall–Kier alpha value is -1.76. The molecule has 2 aliphatic heterocycles. The number of piperidine rings is 1. The van der Waals surface area contributed by atoms with Crippen LogP contribution in [0.25, 0.3) is 0 Å². The minimum Gasteiger partial charge on any atom is -0.342 e. The first-order valence-corrected chi connectivity index (χ1v) is 9.32. The van der Waals surface area contributed by atoms with E-state index in [1.165, 1.54) is 30.7 Å². The molecule has 2 atom stereocenters. The van der Waals surface area contributed by atoms with Gasteiger partial charge in [-0.05, 0) is 37.7 Å². The zero-order chi connectivity index (χ0) is 15.2. The van der Waals surface area contributed by atoms with Crippen molar-refractivity contribution in [2.45, 2.75) is 37.6 Å². The standard InChI is InChI=1S/C16H20N6S/c1-6-17-15(18-7-1)21-8-4-11-5-9-22(13(11)10-21)16-20-19-14(23-16)12-2-3-12/h1,6-7,11-13H,2-5,8-10H2. The molecule has 1 saturated carbocycles. The Bertz CT molecular complexity index is 685. The zero-order valence-electron chi connectivity index (χ0n) is 13.0. The van der Waals surface area contributed by atoms with Crippen molar-refractivity contribution >= 4 is 22.4 Å². The molecule has 1 aliphatic carbocycles. The van der Waals surface area contributed by atoms with Crippen LogP contribution in [0.1, 0.15) is 36.6 Å². The third kappa shape index (κ3) is 2.47. The number of aromatic nitrogens is 4. The summed E-state index contributed by atoms with van der Waals surface area (Å²) in [6.45, 7) is 3.16. The first kappa shape index (κ1) is 13.7. The van der Waals surface area contributed by atoms with Crippen LogP contribution in [0.2, 0.25) is 0 Å². The highest BCUT2D eigenvalue weighted by atomic mass is 32.1. The normalized spacial score (nSPS) is 27.3. The lowest BCUT2D eigenvalue weighted by atomic mass is 9.92. The molecule has 2 saturated heterocycles. The maximum Gasteiger partial charge on any atom is 0.225 e. The van der Waals surface area contributed by atoms with Crippen molar-refractivity contribution in [3.8, 4) is 0 Å². The number of rotatable bonds is 3. The van der Waals surface area contributed by atoms with Crippen LogP contribution >= 0.6 is 11.3 Å². The summed E-state index contributed by atoms with van der Waals surface area (Å²) >= 11 is 1.81. The van der Waals surface area contributed by atoms with Crippen LogP contribution in [0.4, 0.5) is 11.1 Å². The second kappa shape index (κ2) is 5.40.